The van der Waals surface area contributed by atoms with Gasteiger partial charge in [0.25, 0.3) is 0 Å². The van der Waals surface area contributed by atoms with Gasteiger partial charge in [-0.25, -0.2) is 6.57 Å². The quantitative estimate of drug-likeness (QED) is 0.332. The summed E-state index contributed by atoms with van der Waals surface area (Å²) in [5.41, 5.74) is 0. The highest BCUT2D eigenvalue weighted by molar-refractivity contribution is 4.65. The minimum absolute atomic E-state index is 0.0770. The molecule has 0 saturated carbocycles. The molecule has 0 aliphatic rings. The van der Waals surface area contributed by atoms with E-state index >= 15 is 0 Å². The molecular formula is C15H29NO6. The van der Waals surface area contributed by atoms with Crippen LogP contribution in [-0.4, -0.2) is 84.8 Å². The molecule has 0 fully saturated rings. The van der Waals surface area contributed by atoms with E-state index < -0.39 is 6.10 Å². The summed E-state index contributed by atoms with van der Waals surface area (Å²) in [6.45, 7) is 10.6. The van der Waals surface area contributed by atoms with Crippen molar-refractivity contribution in [1.29, 1.82) is 0 Å². The highest BCUT2D eigenvalue weighted by Crippen LogP contribution is 2.09. The second-order valence-corrected chi connectivity index (χ2v) is 4.85. The molecule has 0 bridgehead atoms. The maximum absolute atomic E-state index is 9.96. The first-order valence-corrected chi connectivity index (χ1v) is 7.47. The Labute approximate surface area is 133 Å². The molecule has 0 heterocycles. The molecule has 22 heavy (non-hydrogen) atoms. The highest BCUT2D eigenvalue weighted by atomic mass is 16.5. The van der Waals surface area contributed by atoms with Crippen molar-refractivity contribution in [2.24, 2.45) is 5.92 Å². The smallest absolute Gasteiger partial charge is 0.237 e. The van der Waals surface area contributed by atoms with Crippen molar-refractivity contribution in [2.75, 3.05) is 73.6 Å². The maximum Gasteiger partial charge on any atom is 0.237 e. The predicted molar refractivity (Wildman–Crippen MR) is 81.8 cm³/mol. The van der Waals surface area contributed by atoms with Gasteiger partial charge in [0.15, 0.2) is 0 Å². The van der Waals surface area contributed by atoms with E-state index in [1.165, 1.54) is 0 Å². The van der Waals surface area contributed by atoms with Gasteiger partial charge >= 0.3 is 0 Å². The minimum atomic E-state index is -0.590. The van der Waals surface area contributed by atoms with Crippen LogP contribution in [0.2, 0.25) is 0 Å². The van der Waals surface area contributed by atoms with Crippen LogP contribution in [0.5, 0.6) is 0 Å². The van der Waals surface area contributed by atoms with Crippen molar-refractivity contribution in [2.45, 2.75) is 12.5 Å². The molecule has 1 N–H and O–H groups in total. The number of rotatable bonds is 16. The van der Waals surface area contributed by atoms with Crippen molar-refractivity contribution >= 4 is 0 Å². The summed E-state index contributed by atoms with van der Waals surface area (Å²) in [4.78, 5) is 3.19. The van der Waals surface area contributed by atoms with Crippen LogP contribution in [0.1, 0.15) is 6.42 Å². The van der Waals surface area contributed by atoms with Gasteiger partial charge in [0.1, 0.15) is 6.61 Å². The van der Waals surface area contributed by atoms with Crippen LogP contribution >= 0.6 is 0 Å². The van der Waals surface area contributed by atoms with E-state index in [-0.39, 0.29) is 12.5 Å². The van der Waals surface area contributed by atoms with Crippen LogP contribution in [0.4, 0.5) is 0 Å². The Hall–Kier alpha value is -0.750. The number of hydrogen-bond acceptors (Lipinski definition) is 6. The van der Waals surface area contributed by atoms with Gasteiger partial charge in [-0.3, -0.25) is 0 Å². The molecule has 130 valence electrons. The van der Waals surface area contributed by atoms with Crippen LogP contribution in [0.25, 0.3) is 4.85 Å². The lowest BCUT2D eigenvalue weighted by Crippen LogP contribution is -2.26. The maximum atomic E-state index is 9.96. The third-order valence-corrected chi connectivity index (χ3v) is 2.83. The van der Waals surface area contributed by atoms with E-state index in [2.05, 4.69) is 4.85 Å². The van der Waals surface area contributed by atoms with Crippen LogP contribution in [0, 0.1) is 12.5 Å². The van der Waals surface area contributed by atoms with Gasteiger partial charge in [-0.15, -0.1) is 0 Å². The second kappa shape index (κ2) is 16.6. The van der Waals surface area contributed by atoms with E-state index in [4.69, 9.17) is 30.3 Å². The fourth-order valence-electron chi connectivity index (χ4n) is 1.75. The van der Waals surface area contributed by atoms with Crippen LogP contribution < -0.4 is 0 Å². The largest absolute Gasteiger partial charge is 0.391 e. The van der Waals surface area contributed by atoms with Gasteiger partial charge in [-0.1, -0.05) is 0 Å². The molecule has 1 atom stereocenters. The highest BCUT2D eigenvalue weighted by Gasteiger charge is 2.16. The second-order valence-electron chi connectivity index (χ2n) is 4.85. The minimum Gasteiger partial charge on any atom is -0.391 e. The molecule has 0 aromatic heterocycles. The number of ether oxygens (including phenoxy) is 5. The van der Waals surface area contributed by atoms with Crippen molar-refractivity contribution in [3.63, 3.8) is 0 Å². The first kappa shape index (κ1) is 21.2. The third-order valence-electron chi connectivity index (χ3n) is 2.83. The number of methoxy groups -OCH3 is 2. The number of hydrogen-bond donors (Lipinski definition) is 1. The zero-order valence-electron chi connectivity index (χ0n) is 13.7. The molecule has 7 nitrogen and oxygen atoms in total. The fraction of sp³-hybridized carbons (Fsp3) is 0.933. The van der Waals surface area contributed by atoms with Gasteiger partial charge in [-0.2, -0.15) is 0 Å². The molecule has 0 aliphatic heterocycles. The summed E-state index contributed by atoms with van der Waals surface area (Å²) in [6.07, 6.45) is -0.0642. The lowest BCUT2D eigenvalue weighted by atomic mass is 10.0. The van der Waals surface area contributed by atoms with Crippen molar-refractivity contribution in [3.8, 4) is 0 Å². The Bertz CT molecular complexity index is 259. The molecule has 7 heteroatoms. The molecule has 1 unspecified atom stereocenters. The van der Waals surface area contributed by atoms with E-state index in [0.29, 0.717) is 59.2 Å². The Balaban J connectivity index is 3.94. The van der Waals surface area contributed by atoms with Crippen LogP contribution in [0.15, 0.2) is 0 Å². The van der Waals surface area contributed by atoms with Gasteiger partial charge in [0.05, 0.1) is 52.4 Å². The average Bonchev–Trinajstić information content (AvgIpc) is 2.52. The van der Waals surface area contributed by atoms with Gasteiger partial charge in [0.2, 0.25) is 6.54 Å². The Morgan fingerprint density at radius 2 is 1.41 bits per heavy atom. The zero-order chi connectivity index (χ0) is 16.5. The third kappa shape index (κ3) is 14.2. The first-order chi connectivity index (χ1) is 10.7. The summed E-state index contributed by atoms with van der Waals surface area (Å²) >= 11 is 0. The predicted octanol–water partition coefficient (Wildman–Crippen LogP) is 0.615. The van der Waals surface area contributed by atoms with E-state index in [9.17, 15) is 5.11 Å². The average molecular weight is 319 g/mol. The Morgan fingerprint density at radius 1 is 0.864 bits per heavy atom. The standard InChI is InChI=1S/C15H29NO6/c1-16-4-5-20-13-15(17)10-14(11-21-8-6-18-2)12-22-9-7-19-3/h14-15,17H,4-13H2,2-3H3. The fourth-order valence-corrected chi connectivity index (χ4v) is 1.75. The molecule has 0 aromatic carbocycles. The van der Waals surface area contributed by atoms with Crippen molar-refractivity contribution < 1.29 is 28.8 Å². The number of aliphatic hydroxyl groups excluding tert-OH is 1. The van der Waals surface area contributed by atoms with Gasteiger partial charge in [0, 0.05) is 20.1 Å². The normalized spacial score (nSPS) is 12.5. The lowest BCUT2D eigenvalue weighted by Gasteiger charge is -2.20. The van der Waals surface area contributed by atoms with E-state index in [0.717, 1.165) is 0 Å². The van der Waals surface area contributed by atoms with Crippen molar-refractivity contribution in [3.05, 3.63) is 11.4 Å². The summed E-state index contributed by atoms with van der Waals surface area (Å²) in [5, 5.41) is 9.96. The van der Waals surface area contributed by atoms with Gasteiger partial charge < -0.3 is 33.6 Å². The molecule has 0 rings (SSSR count). The molecule has 0 saturated heterocycles. The first-order valence-electron chi connectivity index (χ1n) is 7.47. The van der Waals surface area contributed by atoms with E-state index in [1.54, 1.807) is 14.2 Å². The molecule has 0 radical (unpaired) electrons. The van der Waals surface area contributed by atoms with Crippen LogP contribution in [-0.2, 0) is 23.7 Å². The summed E-state index contributed by atoms with van der Waals surface area (Å²) < 4.78 is 26.1. The zero-order valence-corrected chi connectivity index (χ0v) is 13.7. The summed E-state index contributed by atoms with van der Waals surface area (Å²) in [5.74, 6) is 0.0770. The van der Waals surface area contributed by atoms with E-state index in [1.807, 2.05) is 0 Å². The molecular weight excluding hydrogens is 290 g/mol. The topological polar surface area (TPSA) is 70.7 Å². The lowest BCUT2D eigenvalue weighted by molar-refractivity contribution is -0.0226. The summed E-state index contributed by atoms with van der Waals surface area (Å²) in [7, 11) is 3.25. The SMILES string of the molecule is [C-]#[N+]CCOCC(O)CC(COCCOC)COCCOC. The molecule has 0 spiro atoms. The van der Waals surface area contributed by atoms with Crippen molar-refractivity contribution in [1.82, 2.24) is 0 Å². The number of aliphatic hydroxyl groups is 1. The number of nitrogens with zero attached hydrogens (tertiary/aromatic N) is 1. The summed E-state index contributed by atoms with van der Waals surface area (Å²) in [6, 6.07) is 0. The monoisotopic (exact) mass is 319 g/mol. The Kier molecular flexibility index (Phi) is 16.1. The van der Waals surface area contributed by atoms with Crippen LogP contribution in [0.3, 0.4) is 0 Å². The molecule has 0 aromatic rings. The molecule has 0 amide bonds. The Morgan fingerprint density at radius 3 is 1.91 bits per heavy atom. The molecule has 0 aliphatic carbocycles. The van der Waals surface area contributed by atoms with Gasteiger partial charge in [-0.05, 0) is 6.42 Å².